The smallest absolute Gasteiger partial charge is 0.243 e. The molecular formula is C25H31N3O4S. The third-order valence-electron chi connectivity index (χ3n) is 5.39. The molecule has 33 heavy (non-hydrogen) atoms. The fourth-order valence-electron chi connectivity index (χ4n) is 3.74. The predicted octanol–water partition coefficient (Wildman–Crippen LogP) is 3.26. The van der Waals surface area contributed by atoms with E-state index in [9.17, 15) is 13.5 Å². The Hall–Kier alpha value is -2.78. The third-order valence-corrected chi connectivity index (χ3v) is 7.34. The molecule has 0 spiro atoms. The molecule has 0 unspecified atom stereocenters. The van der Waals surface area contributed by atoms with E-state index in [-0.39, 0.29) is 24.6 Å². The molecule has 0 atom stereocenters. The van der Waals surface area contributed by atoms with Crippen LogP contribution in [0, 0.1) is 0 Å². The van der Waals surface area contributed by atoms with Crippen molar-refractivity contribution in [2.75, 3.05) is 46.9 Å². The van der Waals surface area contributed by atoms with Gasteiger partial charge in [-0.1, -0.05) is 35.9 Å². The van der Waals surface area contributed by atoms with Gasteiger partial charge in [0.25, 0.3) is 0 Å². The molecule has 0 saturated heterocycles. The zero-order valence-electron chi connectivity index (χ0n) is 19.3. The van der Waals surface area contributed by atoms with Gasteiger partial charge in [-0.3, -0.25) is 4.98 Å². The number of methoxy groups -OCH3 is 1. The van der Waals surface area contributed by atoms with Crippen LogP contribution in [0.4, 0.5) is 0 Å². The Morgan fingerprint density at radius 2 is 1.85 bits per heavy atom. The van der Waals surface area contributed by atoms with Crippen LogP contribution in [0.15, 0.2) is 71.4 Å². The molecule has 0 aliphatic carbocycles. The molecule has 1 heterocycles. The molecule has 1 aromatic heterocycles. The minimum atomic E-state index is -3.78. The number of hydrogen-bond acceptors (Lipinski definition) is 6. The Balaban J connectivity index is 1.69. The van der Waals surface area contributed by atoms with Crippen LogP contribution in [0.2, 0.25) is 0 Å². The van der Waals surface area contributed by atoms with Crippen molar-refractivity contribution in [2.45, 2.75) is 11.8 Å². The summed E-state index contributed by atoms with van der Waals surface area (Å²) in [6.45, 7) is 3.34. The molecule has 3 rings (SSSR count). The zero-order chi connectivity index (χ0) is 23.8. The van der Waals surface area contributed by atoms with Gasteiger partial charge in [-0.05, 0) is 43.8 Å². The topological polar surface area (TPSA) is 83.0 Å². The Morgan fingerprint density at radius 1 is 1.09 bits per heavy atom. The SMILES string of the molecule is COc1ccc(C=C(C)CN(C)CCN(CCO)S(=O)(=O)c2cccc3cnccc23)cc1. The highest BCUT2D eigenvalue weighted by Gasteiger charge is 2.26. The molecule has 0 fully saturated rings. The predicted molar refractivity (Wildman–Crippen MR) is 132 cm³/mol. The van der Waals surface area contributed by atoms with Crippen molar-refractivity contribution < 1.29 is 18.3 Å². The van der Waals surface area contributed by atoms with Crippen LogP contribution in [0.5, 0.6) is 5.75 Å². The number of benzene rings is 2. The van der Waals surface area contributed by atoms with Gasteiger partial charge in [0.2, 0.25) is 10.0 Å². The summed E-state index contributed by atoms with van der Waals surface area (Å²) in [5.41, 5.74) is 2.23. The summed E-state index contributed by atoms with van der Waals surface area (Å²) < 4.78 is 33.4. The molecule has 176 valence electrons. The first-order chi connectivity index (χ1) is 15.8. The highest BCUT2D eigenvalue weighted by atomic mass is 32.2. The van der Waals surface area contributed by atoms with Gasteiger partial charge < -0.3 is 14.7 Å². The normalized spacial score (nSPS) is 12.6. The van der Waals surface area contributed by atoms with Crippen LogP contribution in [0.3, 0.4) is 0 Å². The average molecular weight is 470 g/mol. The number of rotatable bonds is 11. The number of pyridine rings is 1. The summed E-state index contributed by atoms with van der Waals surface area (Å²) in [4.78, 5) is 6.38. The number of likely N-dealkylation sites (N-methyl/N-ethyl adjacent to an activating group) is 1. The molecule has 0 saturated carbocycles. The lowest BCUT2D eigenvalue weighted by Crippen LogP contribution is -2.39. The van der Waals surface area contributed by atoms with E-state index in [4.69, 9.17) is 4.74 Å². The maximum atomic E-state index is 13.4. The maximum Gasteiger partial charge on any atom is 0.243 e. The van der Waals surface area contributed by atoms with E-state index >= 15 is 0 Å². The molecule has 7 nitrogen and oxygen atoms in total. The molecule has 0 aliphatic rings. The Bertz CT molecular complexity index is 1190. The standard InChI is InChI=1S/C25H31N3O4S/c1-20(17-21-7-9-23(32-3)10-8-21)19-27(2)13-14-28(15-16-29)33(30,31)25-6-4-5-22-18-26-12-11-24(22)25/h4-12,17-18,29H,13-16,19H2,1-3H3. The number of sulfonamides is 1. The lowest BCUT2D eigenvalue weighted by atomic mass is 10.1. The van der Waals surface area contributed by atoms with Crippen LogP contribution in [-0.2, 0) is 10.0 Å². The third kappa shape index (κ3) is 6.39. The van der Waals surface area contributed by atoms with Crippen LogP contribution in [0.1, 0.15) is 12.5 Å². The lowest BCUT2D eigenvalue weighted by Gasteiger charge is -2.25. The maximum absolute atomic E-state index is 13.4. The Kier molecular flexibility index (Phi) is 8.57. The molecule has 0 radical (unpaired) electrons. The fourth-order valence-corrected chi connectivity index (χ4v) is 5.37. The number of aliphatic hydroxyl groups is 1. The molecule has 0 bridgehead atoms. The number of aromatic nitrogens is 1. The van der Waals surface area contributed by atoms with Crippen molar-refractivity contribution in [2.24, 2.45) is 0 Å². The van der Waals surface area contributed by atoms with Gasteiger partial charge in [-0.25, -0.2) is 8.42 Å². The van der Waals surface area contributed by atoms with Crippen LogP contribution in [-0.4, -0.2) is 74.7 Å². The van der Waals surface area contributed by atoms with E-state index in [0.717, 1.165) is 22.3 Å². The fraction of sp³-hybridized carbons (Fsp3) is 0.320. The first-order valence-electron chi connectivity index (χ1n) is 10.8. The largest absolute Gasteiger partial charge is 0.497 e. The highest BCUT2D eigenvalue weighted by molar-refractivity contribution is 7.89. The quantitative estimate of drug-likeness (QED) is 0.464. The van der Waals surface area contributed by atoms with Gasteiger partial charge >= 0.3 is 0 Å². The molecule has 2 aromatic carbocycles. The van der Waals surface area contributed by atoms with Crippen molar-refractivity contribution in [1.82, 2.24) is 14.2 Å². The number of hydrogen-bond donors (Lipinski definition) is 1. The van der Waals surface area contributed by atoms with E-state index in [1.807, 2.05) is 44.3 Å². The first-order valence-corrected chi connectivity index (χ1v) is 12.2. The van der Waals surface area contributed by atoms with E-state index in [1.54, 1.807) is 37.7 Å². The van der Waals surface area contributed by atoms with Gasteiger partial charge in [0.1, 0.15) is 5.75 Å². The monoisotopic (exact) mass is 469 g/mol. The van der Waals surface area contributed by atoms with Crippen molar-refractivity contribution in [1.29, 1.82) is 0 Å². The van der Waals surface area contributed by atoms with E-state index in [1.165, 1.54) is 4.31 Å². The number of aliphatic hydroxyl groups excluding tert-OH is 1. The summed E-state index contributed by atoms with van der Waals surface area (Å²) in [7, 11) is -0.178. The number of fused-ring (bicyclic) bond motifs is 1. The van der Waals surface area contributed by atoms with Gasteiger partial charge in [0.15, 0.2) is 0 Å². The minimum Gasteiger partial charge on any atom is -0.497 e. The molecule has 3 aromatic rings. The zero-order valence-corrected chi connectivity index (χ0v) is 20.1. The van der Waals surface area contributed by atoms with Crippen LogP contribution < -0.4 is 4.74 Å². The number of nitrogens with zero attached hydrogens (tertiary/aromatic N) is 3. The van der Waals surface area contributed by atoms with Gasteiger partial charge in [-0.2, -0.15) is 4.31 Å². The lowest BCUT2D eigenvalue weighted by molar-refractivity contribution is 0.239. The van der Waals surface area contributed by atoms with Crippen LogP contribution >= 0.6 is 0 Å². The first kappa shape index (κ1) is 24.9. The molecule has 1 N–H and O–H groups in total. The Morgan fingerprint density at radius 3 is 2.55 bits per heavy atom. The van der Waals surface area contributed by atoms with Crippen molar-refractivity contribution in [3.63, 3.8) is 0 Å². The molecular weight excluding hydrogens is 438 g/mol. The summed E-state index contributed by atoms with van der Waals surface area (Å²) in [5.74, 6) is 0.814. The highest BCUT2D eigenvalue weighted by Crippen LogP contribution is 2.25. The molecule has 8 heteroatoms. The molecule has 0 amide bonds. The average Bonchev–Trinajstić information content (AvgIpc) is 2.81. The second kappa shape index (κ2) is 11.4. The Labute approximate surface area is 196 Å². The van der Waals surface area contributed by atoms with Gasteiger partial charge in [0, 0.05) is 49.3 Å². The summed E-state index contributed by atoms with van der Waals surface area (Å²) in [6.07, 6.45) is 5.34. The van der Waals surface area contributed by atoms with Gasteiger partial charge in [-0.15, -0.1) is 0 Å². The van der Waals surface area contributed by atoms with E-state index in [0.29, 0.717) is 18.5 Å². The number of ether oxygens (including phenoxy) is 1. The van der Waals surface area contributed by atoms with Crippen LogP contribution in [0.25, 0.3) is 16.8 Å². The summed E-state index contributed by atoms with van der Waals surface area (Å²) in [5, 5.41) is 10.9. The second-order valence-corrected chi connectivity index (χ2v) is 9.89. The van der Waals surface area contributed by atoms with Crippen molar-refractivity contribution in [3.05, 3.63) is 72.1 Å². The van der Waals surface area contributed by atoms with Gasteiger partial charge in [0.05, 0.1) is 18.6 Å². The van der Waals surface area contributed by atoms with Crippen molar-refractivity contribution >= 4 is 26.9 Å². The summed E-state index contributed by atoms with van der Waals surface area (Å²) in [6, 6.07) is 14.7. The second-order valence-electron chi connectivity index (χ2n) is 7.98. The minimum absolute atomic E-state index is 0.0400. The van der Waals surface area contributed by atoms with Crippen molar-refractivity contribution in [3.8, 4) is 5.75 Å². The van der Waals surface area contributed by atoms with E-state index < -0.39 is 10.0 Å². The van der Waals surface area contributed by atoms with E-state index in [2.05, 4.69) is 16.0 Å². The molecule has 0 aliphatic heterocycles. The summed E-state index contributed by atoms with van der Waals surface area (Å²) >= 11 is 0.